The maximum atomic E-state index is 11.5. The summed E-state index contributed by atoms with van der Waals surface area (Å²) in [6.07, 6.45) is 7.08. The largest absolute Gasteiger partial charge is 0.393 e. The molecular weight excluding hydrogens is 244 g/mol. The van der Waals surface area contributed by atoms with Gasteiger partial charge in [0.15, 0.2) is 0 Å². The number of ether oxygens (including phenoxy) is 2. The summed E-state index contributed by atoms with van der Waals surface area (Å²) in [6, 6.07) is 0. The van der Waals surface area contributed by atoms with Gasteiger partial charge >= 0.3 is 11.9 Å². The highest BCUT2D eigenvalue weighted by Crippen LogP contribution is 2.40. The van der Waals surface area contributed by atoms with Gasteiger partial charge in [0.2, 0.25) is 0 Å². The van der Waals surface area contributed by atoms with Crippen molar-refractivity contribution in [1.29, 1.82) is 0 Å². The van der Waals surface area contributed by atoms with Crippen LogP contribution in [0.2, 0.25) is 0 Å². The number of hydrogen-bond donors (Lipinski definition) is 0. The molecule has 1 heterocycles. The van der Waals surface area contributed by atoms with Gasteiger partial charge in [-0.1, -0.05) is 24.8 Å². The molecule has 4 heteroatoms. The molecule has 106 valence electrons. The van der Waals surface area contributed by atoms with Gasteiger partial charge in [-0.05, 0) is 31.8 Å². The van der Waals surface area contributed by atoms with Gasteiger partial charge in [-0.3, -0.25) is 9.59 Å². The van der Waals surface area contributed by atoms with E-state index >= 15 is 0 Å². The molecule has 2 rings (SSSR count). The van der Waals surface area contributed by atoms with Crippen LogP contribution in [0.25, 0.3) is 0 Å². The molecule has 1 saturated carbocycles. The quantitative estimate of drug-likeness (QED) is 0.438. The Balaban J connectivity index is 1.97. The van der Waals surface area contributed by atoms with Crippen LogP contribution in [0.4, 0.5) is 0 Å². The highest BCUT2D eigenvalue weighted by atomic mass is 16.6. The molecule has 4 nitrogen and oxygen atoms in total. The average Bonchev–Trinajstić information content (AvgIpc) is 2.33. The van der Waals surface area contributed by atoms with E-state index in [2.05, 4.69) is 11.7 Å². The Morgan fingerprint density at radius 3 is 2.53 bits per heavy atom. The van der Waals surface area contributed by atoms with Gasteiger partial charge in [-0.15, -0.1) is 0 Å². The zero-order valence-electron chi connectivity index (χ0n) is 11.8. The van der Waals surface area contributed by atoms with Gasteiger partial charge < -0.3 is 9.47 Å². The van der Waals surface area contributed by atoms with Crippen molar-refractivity contribution >= 4 is 11.9 Å². The van der Waals surface area contributed by atoms with Crippen LogP contribution in [0.1, 0.15) is 58.8 Å². The summed E-state index contributed by atoms with van der Waals surface area (Å²) < 4.78 is 10.6. The van der Waals surface area contributed by atoms with Crippen LogP contribution < -0.4 is 0 Å². The molecule has 1 aliphatic carbocycles. The van der Waals surface area contributed by atoms with E-state index in [1.165, 1.54) is 31.8 Å². The molecular formula is C15H22O4. The summed E-state index contributed by atoms with van der Waals surface area (Å²) in [4.78, 5) is 22.2. The lowest BCUT2D eigenvalue weighted by Gasteiger charge is -2.41. The predicted octanol–water partition coefficient (Wildman–Crippen LogP) is 2.91. The molecule has 0 aromatic heterocycles. The zero-order chi connectivity index (χ0) is 13.9. The van der Waals surface area contributed by atoms with Crippen molar-refractivity contribution in [2.45, 2.75) is 64.4 Å². The monoisotopic (exact) mass is 266 g/mol. The van der Waals surface area contributed by atoms with Crippen molar-refractivity contribution in [3.05, 3.63) is 11.1 Å². The Hall–Kier alpha value is -1.16. The molecule has 0 aromatic carbocycles. The molecule has 0 aromatic rings. The molecule has 0 saturated heterocycles. The minimum absolute atomic E-state index is 0.0102. The normalized spacial score (nSPS) is 22.4. The van der Waals surface area contributed by atoms with Gasteiger partial charge in [0.05, 0.1) is 18.6 Å². The summed E-state index contributed by atoms with van der Waals surface area (Å²) in [7, 11) is 0. The summed E-state index contributed by atoms with van der Waals surface area (Å²) >= 11 is 0. The maximum absolute atomic E-state index is 11.5. The summed E-state index contributed by atoms with van der Waals surface area (Å²) in [5.41, 5.74) is 2.21. The van der Waals surface area contributed by atoms with E-state index in [9.17, 15) is 9.59 Å². The number of carbonyl (C=O) groups excluding carboxylic acids is 2. The number of rotatable bonds is 2. The van der Waals surface area contributed by atoms with Gasteiger partial charge in [-0.2, -0.15) is 0 Å². The van der Waals surface area contributed by atoms with E-state index in [-0.39, 0.29) is 12.0 Å². The number of esters is 2. The molecule has 2 aliphatic rings. The SMILES string of the molecule is CC(=O)OC(=O)CC1=C(C)CC2(CCCCC2)OC1. The lowest BCUT2D eigenvalue weighted by Crippen LogP contribution is -2.39. The van der Waals surface area contributed by atoms with Crippen LogP contribution in [-0.2, 0) is 19.1 Å². The molecule has 0 radical (unpaired) electrons. The fraction of sp³-hybridized carbons (Fsp3) is 0.733. The number of hydrogen-bond acceptors (Lipinski definition) is 4. The van der Waals surface area contributed by atoms with Crippen molar-refractivity contribution in [2.24, 2.45) is 0 Å². The van der Waals surface area contributed by atoms with E-state index in [4.69, 9.17) is 4.74 Å². The predicted molar refractivity (Wildman–Crippen MR) is 70.5 cm³/mol. The lowest BCUT2D eigenvalue weighted by atomic mass is 9.78. The Morgan fingerprint density at radius 1 is 1.26 bits per heavy atom. The van der Waals surface area contributed by atoms with Crippen LogP contribution in [-0.4, -0.2) is 24.1 Å². The lowest BCUT2D eigenvalue weighted by molar-refractivity contribution is -0.157. The van der Waals surface area contributed by atoms with E-state index in [1.54, 1.807) is 0 Å². The highest BCUT2D eigenvalue weighted by molar-refractivity contribution is 5.85. The van der Waals surface area contributed by atoms with Gasteiger partial charge in [0.25, 0.3) is 0 Å². The van der Waals surface area contributed by atoms with Crippen molar-refractivity contribution in [3.8, 4) is 0 Å². The van der Waals surface area contributed by atoms with E-state index < -0.39 is 11.9 Å². The first-order valence-corrected chi connectivity index (χ1v) is 7.03. The first-order valence-electron chi connectivity index (χ1n) is 7.03. The smallest absolute Gasteiger partial charge is 0.317 e. The molecule has 0 atom stereocenters. The van der Waals surface area contributed by atoms with Crippen molar-refractivity contribution in [1.82, 2.24) is 0 Å². The molecule has 0 amide bonds. The topological polar surface area (TPSA) is 52.6 Å². The molecule has 1 aliphatic heterocycles. The van der Waals surface area contributed by atoms with E-state index in [1.807, 2.05) is 0 Å². The minimum Gasteiger partial charge on any atom is -0.393 e. The zero-order valence-corrected chi connectivity index (χ0v) is 11.8. The Kier molecular flexibility index (Phi) is 4.40. The maximum Gasteiger partial charge on any atom is 0.317 e. The standard InChI is InChI=1S/C15H22O4/c1-11-9-15(6-4-3-5-7-15)18-10-13(11)8-14(17)19-12(2)16/h3-10H2,1-2H3. The number of carbonyl (C=O) groups is 2. The highest BCUT2D eigenvalue weighted by Gasteiger charge is 2.36. The summed E-state index contributed by atoms with van der Waals surface area (Å²) in [5.74, 6) is -1.03. The van der Waals surface area contributed by atoms with Crippen molar-refractivity contribution in [2.75, 3.05) is 6.61 Å². The summed E-state index contributed by atoms with van der Waals surface area (Å²) in [6.45, 7) is 3.81. The van der Waals surface area contributed by atoms with Crippen LogP contribution in [0.3, 0.4) is 0 Å². The Morgan fingerprint density at radius 2 is 1.95 bits per heavy atom. The minimum atomic E-state index is -0.552. The molecule has 0 N–H and O–H groups in total. The average molecular weight is 266 g/mol. The third-order valence-electron chi connectivity index (χ3n) is 4.12. The molecule has 1 spiro atoms. The van der Waals surface area contributed by atoms with Gasteiger partial charge in [0.1, 0.15) is 0 Å². The van der Waals surface area contributed by atoms with Crippen LogP contribution in [0.15, 0.2) is 11.1 Å². The van der Waals surface area contributed by atoms with Gasteiger partial charge in [-0.25, -0.2) is 0 Å². The fourth-order valence-corrected chi connectivity index (χ4v) is 3.11. The Bertz CT molecular complexity index is 402. The van der Waals surface area contributed by atoms with Crippen molar-refractivity contribution < 1.29 is 19.1 Å². The second-order valence-electron chi connectivity index (χ2n) is 5.74. The molecule has 1 fully saturated rings. The first kappa shape index (κ1) is 14.3. The molecule has 19 heavy (non-hydrogen) atoms. The van der Waals surface area contributed by atoms with Crippen molar-refractivity contribution in [3.63, 3.8) is 0 Å². The van der Waals surface area contributed by atoms with E-state index in [0.29, 0.717) is 6.61 Å². The molecule has 0 bridgehead atoms. The van der Waals surface area contributed by atoms with Crippen LogP contribution in [0, 0.1) is 0 Å². The van der Waals surface area contributed by atoms with Crippen LogP contribution in [0.5, 0.6) is 0 Å². The fourth-order valence-electron chi connectivity index (χ4n) is 3.11. The molecule has 0 unspecified atom stereocenters. The van der Waals surface area contributed by atoms with Gasteiger partial charge in [0, 0.05) is 6.92 Å². The van der Waals surface area contributed by atoms with E-state index in [0.717, 1.165) is 24.8 Å². The second kappa shape index (κ2) is 5.87. The first-order chi connectivity index (χ1) is 9.01. The Labute approximate surface area is 114 Å². The summed E-state index contributed by atoms with van der Waals surface area (Å²) in [5, 5.41) is 0. The third kappa shape index (κ3) is 3.66. The second-order valence-corrected chi connectivity index (χ2v) is 5.74. The third-order valence-corrected chi connectivity index (χ3v) is 4.12. The van der Waals surface area contributed by atoms with Crippen LogP contribution >= 0.6 is 0 Å².